The quantitative estimate of drug-likeness (QED) is 0.639. The van der Waals surface area contributed by atoms with Gasteiger partial charge >= 0.3 is 5.97 Å². The lowest BCUT2D eigenvalue weighted by Crippen LogP contribution is -2.07. The van der Waals surface area contributed by atoms with Gasteiger partial charge in [0.1, 0.15) is 5.82 Å². The minimum atomic E-state index is -1.40. The summed E-state index contributed by atoms with van der Waals surface area (Å²) in [6, 6.07) is 0.679. The third kappa shape index (κ3) is 2.82. The van der Waals surface area contributed by atoms with Gasteiger partial charge in [0.15, 0.2) is 17.4 Å². The molecule has 3 nitrogen and oxygen atoms in total. The zero-order valence-corrected chi connectivity index (χ0v) is 7.97. The summed E-state index contributed by atoms with van der Waals surface area (Å²) in [5, 5.41) is 8.30. The van der Waals surface area contributed by atoms with Gasteiger partial charge in [0.2, 0.25) is 0 Å². The van der Waals surface area contributed by atoms with Crippen molar-refractivity contribution in [3.8, 4) is 0 Å². The second-order valence-corrected chi connectivity index (χ2v) is 3.06. The summed E-state index contributed by atoms with van der Waals surface area (Å²) < 4.78 is 38.3. The Hall–Kier alpha value is -1.85. The summed E-state index contributed by atoms with van der Waals surface area (Å²) >= 11 is 0. The maximum absolute atomic E-state index is 13.0. The van der Waals surface area contributed by atoms with Crippen LogP contribution in [0.2, 0.25) is 0 Å². The van der Waals surface area contributed by atoms with Crippen molar-refractivity contribution in [2.24, 2.45) is 0 Å². The van der Waals surface area contributed by atoms with Crippen molar-refractivity contribution in [2.75, 3.05) is 0 Å². The molecule has 0 aliphatic heterocycles. The molecule has 1 aromatic rings. The van der Waals surface area contributed by atoms with Crippen LogP contribution in [-0.4, -0.2) is 16.9 Å². The Balaban J connectivity index is 2.91. The molecule has 0 atom stereocenters. The van der Waals surface area contributed by atoms with Gasteiger partial charge in [0.25, 0.3) is 0 Å². The number of Topliss-reactive ketones (excluding diaryl/α,β-unsaturated/α-hetero) is 1. The fourth-order valence-electron chi connectivity index (χ4n) is 1.09. The molecule has 0 spiro atoms. The molecule has 0 bridgehead atoms. The van der Waals surface area contributed by atoms with E-state index >= 15 is 0 Å². The third-order valence-corrected chi connectivity index (χ3v) is 1.88. The summed E-state index contributed by atoms with van der Waals surface area (Å²) in [6.45, 7) is 0. The van der Waals surface area contributed by atoms with E-state index in [1.807, 2.05) is 0 Å². The second-order valence-electron chi connectivity index (χ2n) is 3.06. The lowest BCUT2D eigenvalue weighted by atomic mass is 10.1. The van der Waals surface area contributed by atoms with Crippen LogP contribution in [0.3, 0.4) is 0 Å². The number of carboxylic acids is 1. The molecule has 16 heavy (non-hydrogen) atoms. The summed E-state index contributed by atoms with van der Waals surface area (Å²) in [4.78, 5) is 21.4. The number of benzene rings is 1. The Labute approximate surface area is 88.5 Å². The maximum Gasteiger partial charge on any atom is 0.303 e. The monoisotopic (exact) mass is 232 g/mol. The number of halogens is 3. The van der Waals surface area contributed by atoms with Crippen molar-refractivity contribution >= 4 is 11.8 Å². The number of carbonyl (C=O) groups is 2. The van der Waals surface area contributed by atoms with Crippen molar-refractivity contribution in [2.45, 2.75) is 12.8 Å². The van der Waals surface area contributed by atoms with Gasteiger partial charge in [-0.25, -0.2) is 13.2 Å². The molecule has 0 saturated heterocycles. The fourth-order valence-corrected chi connectivity index (χ4v) is 1.09. The minimum Gasteiger partial charge on any atom is -0.481 e. The van der Waals surface area contributed by atoms with Gasteiger partial charge in [-0.3, -0.25) is 9.59 Å². The van der Waals surface area contributed by atoms with Gasteiger partial charge in [-0.05, 0) is 6.07 Å². The molecule has 0 aliphatic rings. The van der Waals surface area contributed by atoms with E-state index in [-0.39, 0.29) is 6.07 Å². The normalized spacial score (nSPS) is 10.2. The highest BCUT2D eigenvalue weighted by atomic mass is 19.2. The zero-order valence-electron chi connectivity index (χ0n) is 7.97. The molecule has 0 saturated carbocycles. The van der Waals surface area contributed by atoms with E-state index in [1.54, 1.807) is 0 Å². The lowest BCUT2D eigenvalue weighted by molar-refractivity contribution is -0.136. The minimum absolute atomic E-state index is 0.253. The van der Waals surface area contributed by atoms with E-state index in [4.69, 9.17) is 5.11 Å². The summed E-state index contributed by atoms with van der Waals surface area (Å²) in [5.74, 6) is -6.04. The van der Waals surface area contributed by atoms with Gasteiger partial charge in [-0.2, -0.15) is 0 Å². The molecule has 0 fully saturated rings. The smallest absolute Gasteiger partial charge is 0.303 e. The molecular weight excluding hydrogens is 225 g/mol. The van der Waals surface area contributed by atoms with E-state index in [1.165, 1.54) is 0 Å². The number of carbonyl (C=O) groups excluding carboxylic acids is 1. The lowest BCUT2D eigenvalue weighted by Gasteiger charge is -2.02. The average molecular weight is 232 g/mol. The van der Waals surface area contributed by atoms with Crippen LogP contribution in [0.15, 0.2) is 12.1 Å². The van der Waals surface area contributed by atoms with E-state index in [0.29, 0.717) is 6.07 Å². The van der Waals surface area contributed by atoms with Crippen LogP contribution in [0.25, 0.3) is 0 Å². The highest BCUT2D eigenvalue weighted by Crippen LogP contribution is 2.15. The van der Waals surface area contributed by atoms with Gasteiger partial charge < -0.3 is 5.11 Å². The number of ketones is 1. The molecule has 0 unspecified atom stereocenters. The number of carboxylic acid groups (broad SMARTS) is 1. The van der Waals surface area contributed by atoms with Gasteiger partial charge in [-0.15, -0.1) is 0 Å². The molecule has 0 radical (unpaired) electrons. The highest BCUT2D eigenvalue weighted by Gasteiger charge is 2.16. The van der Waals surface area contributed by atoms with Crippen LogP contribution in [0.1, 0.15) is 23.2 Å². The van der Waals surface area contributed by atoms with Crippen LogP contribution in [0.5, 0.6) is 0 Å². The molecule has 0 amide bonds. The first-order valence-corrected chi connectivity index (χ1v) is 4.31. The SMILES string of the molecule is O=C(O)CCC(=O)c1cc(F)c(F)cc1F. The Morgan fingerprint density at radius 1 is 1.00 bits per heavy atom. The van der Waals surface area contributed by atoms with E-state index in [0.717, 1.165) is 0 Å². The predicted molar refractivity (Wildman–Crippen MR) is 47.5 cm³/mol. The van der Waals surface area contributed by atoms with E-state index < -0.39 is 47.6 Å². The number of hydrogen-bond donors (Lipinski definition) is 1. The van der Waals surface area contributed by atoms with Crippen molar-refractivity contribution in [1.82, 2.24) is 0 Å². The fraction of sp³-hybridized carbons (Fsp3) is 0.200. The highest BCUT2D eigenvalue weighted by molar-refractivity contribution is 5.97. The van der Waals surface area contributed by atoms with Gasteiger partial charge in [-0.1, -0.05) is 0 Å². The number of rotatable bonds is 4. The summed E-state index contributed by atoms with van der Waals surface area (Å²) in [6.07, 6.45) is -0.950. The van der Waals surface area contributed by atoms with Crippen LogP contribution >= 0.6 is 0 Å². The second kappa shape index (κ2) is 4.78. The molecule has 1 N–H and O–H groups in total. The first-order chi connectivity index (χ1) is 7.41. The molecule has 1 aromatic carbocycles. The third-order valence-electron chi connectivity index (χ3n) is 1.88. The van der Waals surface area contributed by atoms with Crippen LogP contribution in [0, 0.1) is 17.5 Å². The van der Waals surface area contributed by atoms with Crippen LogP contribution < -0.4 is 0 Å². The Morgan fingerprint density at radius 2 is 1.56 bits per heavy atom. The van der Waals surface area contributed by atoms with Crippen molar-refractivity contribution < 1.29 is 27.9 Å². The molecule has 0 aromatic heterocycles. The molecular formula is C10H7F3O3. The van der Waals surface area contributed by atoms with Crippen molar-refractivity contribution in [1.29, 1.82) is 0 Å². The van der Waals surface area contributed by atoms with Gasteiger partial charge in [0.05, 0.1) is 12.0 Å². The van der Waals surface area contributed by atoms with E-state index in [9.17, 15) is 22.8 Å². The van der Waals surface area contributed by atoms with Crippen LogP contribution in [0.4, 0.5) is 13.2 Å². The first-order valence-electron chi connectivity index (χ1n) is 4.31. The topological polar surface area (TPSA) is 54.4 Å². The van der Waals surface area contributed by atoms with Crippen molar-refractivity contribution in [3.63, 3.8) is 0 Å². The van der Waals surface area contributed by atoms with Crippen LogP contribution in [-0.2, 0) is 4.79 Å². The maximum atomic E-state index is 13.0. The molecule has 1 rings (SSSR count). The zero-order chi connectivity index (χ0) is 12.3. The molecule has 6 heteroatoms. The molecule has 0 aliphatic carbocycles. The molecule has 0 heterocycles. The Bertz CT molecular complexity index is 443. The first kappa shape index (κ1) is 12.2. The number of aliphatic carboxylic acids is 1. The predicted octanol–water partition coefficient (Wildman–Crippen LogP) is 2.15. The largest absolute Gasteiger partial charge is 0.481 e. The Morgan fingerprint density at radius 3 is 2.12 bits per heavy atom. The molecule has 86 valence electrons. The summed E-state index contributed by atoms with van der Waals surface area (Å²) in [7, 11) is 0. The van der Waals surface area contributed by atoms with Gasteiger partial charge in [0, 0.05) is 12.5 Å². The Kier molecular flexibility index (Phi) is 3.65. The van der Waals surface area contributed by atoms with E-state index in [2.05, 4.69) is 0 Å². The van der Waals surface area contributed by atoms with Crippen molar-refractivity contribution in [3.05, 3.63) is 35.1 Å². The number of hydrogen-bond acceptors (Lipinski definition) is 2. The summed E-state index contributed by atoms with van der Waals surface area (Å²) in [5.41, 5.74) is -0.639. The standard InChI is InChI=1S/C10H7F3O3/c11-6-4-8(13)7(12)3-5(6)9(14)1-2-10(15)16/h3-4H,1-2H2,(H,15,16). The average Bonchev–Trinajstić information content (AvgIpc) is 2.20.